The van der Waals surface area contributed by atoms with Crippen LogP contribution in [0.4, 0.5) is 11.5 Å². The predicted molar refractivity (Wildman–Crippen MR) is 230 cm³/mol. The highest BCUT2D eigenvalue weighted by molar-refractivity contribution is 6.07. The number of aryl methyl sites for hydroxylation is 1. The number of rotatable bonds is 25. The summed E-state index contributed by atoms with van der Waals surface area (Å²) >= 11 is 0. The van der Waals surface area contributed by atoms with E-state index in [2.05, 4.69) is 29.4 Å². The zero-order valence-corrected chi connectivity index (χ0v) is 34.2. The summed E-state index contributed by atoms with van der Waals surface area (Å²) in [5, 5.41) is 19.3. The summed E-state index contributed by atoms with van der Waals surface area (Å²) in [6.45, 7) is 4.90. The minimum atomic E-state index is -0.664. The number of amidine groups is 1. The molecule has 0 bridgehead atoms. The van der Waals surface area contributed by atoms with E-state index < -0.39 is 5.97 Å². The van der Waals surface area contributed by atoms with E-state index in [1.54, 1.807) is 55.6 Å². The minimum absolute atomic E-state index is 0.0229. The van der Waals surface area contributed by atoms with Crippen LogP contribution in [0.25, 0.3) is 11.0 Å². The molecule has 1 amide bonds. The molecule has 0 spiro atoms. The van der Waals surface area contributed by atoms with Gasteiger partial charge in [-0.25, -0.2) is 9.97 Å². The lowest BCUT2D eigenvalue weighted by molar-refractivity contribution is -0.143. The predicted octanol–water partition coefficient (Wildman–Crippen LogP) is 9.57. The molecule has 5 N–H and O–H groups in total. The average molecular weight is 782 g/mol. The number of benzene rings is 2. The van der Waals surface area contributed by atoms with Crippen LogP contribution in [-0.4, -0.2) is 56.5 Å². The molecule has 4 rings (SSSR count). The van der Waals surface area contributed by atoms with Crippen LogP contribution in [0.5, 0.6) is 0 Å². The number of nitrogen functional groups attached to an aromatic ring is 1. The number of pyridine rings is 1. The van der Waals surface area contributed by atoms with Crippen LogP contribution in [0.1, 0.15) is 132 Å². The maximum atomic E-state index is 13.5. The number of carbonyl (C=O) groups is 3. The Morgan fingerprint density at radius 3 is 2.12 bits per heavy atom. The number of fused-ring (bicyclic) bond motifs is 1. The van der Waals surface area contributed by atoms with Gasteiger partial charge in [-0.15, -0.1) is 0 Å². The van der Waals surface area contributed by atoms with Crippen LogP contribution in [0.2, 0.25) is 0 Å². The SMILES string of the molecule is CCCCCCCC/C=C\CCCCCCCC(=O)O.CCOC(=O)CCN(C(=O)c1ccc2c(c1)nc(CNc1ccc(C(=N)N)cc1)n2C)c1ccccn1. The van der Waals surface area contributed by atoms with Gasteiger partial charge in [0.05, 0.1) is 30.6 Å². The van der Waals surface area contributed by atoms with Crippen molar-refractivity contribution in [3.63, 3.8) is 0 Å². The van der Waals surface area contributed by atoms with Gasteiger partial charge in [0.15, 0.2) is 0 Å². The van der Waals surface area contributed by atoms with Gasteiger partial charge in [-0.1, -0.05) is 76.5 Å². The number of allylic oxidation sites excluding steroid dienone is 2. The third-order valence-corrected chi connectivity index (χ3v) is 9.54. The van der Waals surface area contributed by atoms with Crippen molar-refractivity contribution in [1.29, 1.82) is 5.41 Å². The number of anilines is 2. The van der Waals surface area contributed by atoms with Crippen molar-refractivity contribution in [3.05, 3.63) is 96.0 Å². The van der Waals surface area contributed by atoms with E-state index >= 15 is 0 Å². The van der Waals surface area contributed by atoms with Gasteiger partial charge < -0.3 is 25.5 Å². The molecule has 0 atom stereocenters. The molecule has 308 valence electrons. The number of amides is 1. The number of aliphatic carboxylic acids is 1. The third-order valence-electron chi connectivity index (χ3n) is 9.54. The third kappa shape index (κ3) is 17.0. The lowest BCUT2D eigenvalue weighted by Crippen LogP contribution is -2.34. The van der Waals surface area contributed by atoms with Crippen LogP contribution < -0.4 is 16.0 Å². The Morgan fingerprint density at radius 1 is 0.860 bits per heavy atom. The summed E-state index contributed by atoms with van der Waals surface area (Å²) in [7, 11) is 1.92. The first-order valence-electron chi connectivity index (χ1n) is 20.5. The quantitative estimate of drug-likeness (QED) is 0.0168. The molecule has 0 saturated heterocycles. The van der Waals surface area contributed by atoms with Gasteiger partial charge in [-0.05, 0) is 93.6 Å². The number of imidazole rings is 1. The molecule has 0 aliphatic rings. The summed E-state index contributed by atoms with van der Waals surface area (Å²) in [6.07, 6.45) is 22.9. The average Bonchev–Trinajstić information content (AvgIpc) is 3.53. The summed E-state index contributed by atoms with van der Waals surface area (Å²) in [4.78, 5) is 46.3. The Bertz CT molecular complexity index is 1840. The summed E-state index contributed by atoms with van der Waals surface area (Å²) < 4.78 is 7.00. The Kier molecular flexibility index (Phi) is 21.2. The second-order valence-electron chi connectivity index (χ2n) is 14.1. The summed E-state index contributed by atoms with van der Waals surface area (Å²) in [6, 6.07) is 18.0. The summed E-state index contributed by atoms with van der Waals surface area (Å²) in [5.41, 5.74) is 9.07. The van der Waals surface area contributed by atoms with Crippen molar-refractivity contribution in [1.82, 2.24) is 14.5 Å². The highest BCUT2D eigenvalue weighted by atomic mass is 16.5. The van der Waals surface area contributed by atoms with Crippen LogP contribution in [0, 0.1) is 5.41 Å². The first-order chi connectivity index (χ1) is 27.6. The molecular formula is C45H63N7O5. The van der Waals surface area contributed by atoms with Gasteiger partial charge in [0.25, 0.3) is 5.91 Å². The Morgan fingerprint density at radius 2 is 1.51 bits per heavy atom. The number of esters is 1. The van der Waals surface area contributed by atoms with Crippen molar-refractivity contribution < 1.29 is 24.2 Å². The topological polar surface area (TPSA) is 177 Å². The van der Waals surface area contributed by atoms with Gasteiger partial charge >= 0.3 is 11.9 Å². The molecule has 0 unspecified atom stereocenters. The van der Waals surface area contributed by atoms with E-state index in [1.165, 1.54) is 75.5 Å². The number of unbranched alkanes of at least 4 members (excludes halogenated alkanes) is 11. The number of nitrogens with zero attached hydrogens (tertiary/aromatic N) is 4. The first kappa shape index (κ1) is 45.9. The van der Waals surface area contributed by atoms with Gasteiger partial charge in [0.1, 0.15) is 17.5 Å². The highest BCUT2D eigenvalue weighted by Gasteiger charge is 2.21. The van der Waals surface area contributed by atoms with Crippen LogP contribution in [-0.2, 0) is 27.9 Å². The Hall–Kier alpha value is -5.52. The van der Waals surface area contributed by atoms with Gasteiger partial charge in [0.2, 0.25) is 0 Å². The van der Waals surface area contributed by atoms with Gasteiger partial charge in [0, 0.05) is 43.0 Å². The molecular weight excluding hydrogens is 719 g/mol. The van der Waals surface area contributed by atoms with E-state index in [0.717, 1.165) is 29.9 Å². The minimum Gasteiger partial charge on any atom is -0.481 e. The zero-order valence-electron chi connectivity index (χ0n) is 34.2. The first-order valence-corrected chi connectivity index (χ1v) is 20.5. The molecule has 0 radical (unpaired) electrons. The number of hydrogen-bond acceptors (Lipinski definition) is 8. The standard InChI is InChI=1S/C27H29N7O3.C18H34O2/c1-3-37-25(35)13-15-34(23-6-4-5-14-30-23)27(36)19-9-12-22-21(16-19)32-24(33(22)2)17-31-20-10-7-18(8-11-20)26(28)29;1-2-3-4-5-6-7-8-9-10-11-12-13-14-15-16-17-18(19)20/h4-12,14,16,31H,3,13,15,17H2,1-2H3,(H3,28,29);9-10H,2-8,11-17H2,1H3,(H,19,20)/b;10-9-. The van der Waals surface area contributed by atoms with Crippen molar-refractivity contribution in [2.24, 2.45) is 12.8 Å². The van der Waals surface area contributed by atoms with E-state index in [1.807, 2.05) is 29.8 Å². The Balaban J connectivity index is 0.000000371. The molecule has 12 nitrogen and oxygen atoms in total. The number of aromatic nitrogens is 3. The van der Waals surface area contributed by atoms with Crippen LogP contribution >= 0.6 is 0 Å². The van der Waals surface area contributed by atoms with E-state index in [4.69, 9.17) is 26.0 Å². The van der Waals surface area contributed by atoms with E-state index in [9.17, 15) is 14.4 Å². The molecule has 2 aromatic heterocycles. The molecule has 2 aromatic carbocycles. The second-order valence-corrected chi connectivity index (χ2v) is 14.1. The van der Waals surface area contributed by atoms with Crippen molar-refractivity contribution in [2.75, 3.05) is 23.4 Å². The number of carboxylic acid groups (broad SMARTS) is 1. The number of carboxylic acids is 1. The highest BCUT2D eigenvalue weighted by Crippen LogP contribution is 2.22. The smallest absolute Gasteiger partial charge is 0.307 e. The lowest BCUT2D eigenvalue weighted by atomic mass is 10.1. The molecule has 2 heterocycles. The lowest BCUT2D eigenvalue weighted by Gasteiger charge is -2.21. The molecule has 0 aliphatic carbocycles. The molecule has 0 fully saturated rings. The number of nitrogens with two attached hydrogens (primary N) is 1. The van der Waals surface area contributed by atoms with Crippen LogP contribution in [0.3, 0.4) is 0 Å². The monoisotopic (exact) mass is 781 g/mol. The van der Waals surface area contributed by atoms with Gasteiger partial charge in [-0.2, -0.15) is 0 Å². The normalized spacial score (nSPS) is 10.9. The molecule has 57 heavy (non-hydrogen) atoms. The maximum absolute atomic E-state index is 13.5. The number of nitrogens with one attached hydrogen (secondary N) is 2. The fourth-order valence-corrected chi connectivity index (χ4v) is 6.26. The molecule has 4 aromatic rings. The summed E-state index contributed by atoms with van der Waals surface area (Å²) in [5.74, 6) is -0.0413. The molecule has 12 heteroatoms. The fraction of sp³-hybridized carbons (Fsp3) is 0.467. The van der Waals surface area contributed by atoms with Gasteiger partial charge in [-0.3, -0.25) is 24.7 Å². The van der Waals surface area contributed by atoms with E-state index in [-0.39, 0.29) is 37.3 Å². The second kappa shape index (κ2) is 26.4. The number of hydrogen-bond donors (Lipinski definition) is 4. The van der Waals surface area contributed by atoms with Crippen molar-refractivity contribution in [3.8, 4) is 0 Å². The van der Waals surface area contributed by atoms with Crippen molar-refractivity contribution >= 4 is 46.2 Å². The molecule has 0 saturated carbocycles. The Labute approximate surface area is 338 Å². The maximum Gasteiger partial charge on any atom is 0.307 e. The number of ether oxygens (including phenoxy) is 1. The fourth-order valence-electron chi connectivity index (χ4n) is 6.26. The van der Waals surface area contributed by atoms with Crippen LogP contribution in [0.15, 0.2) is 79.0 Å². The van der Waals surface area contributed by atoms with E-state index in [0.29, 0.717) is 35.4 Å². The largest absolute Gasteiger partial charge is 0.481 e. The number of carbonyl (C=O) groups excluding carboxylic acids is 2. The zero-order chi connectivity index (χ0) is 41.3. The molecule has 0 aliphatic heterocycles. The van der Waals surface area contributed by atoms with Crippen molar-refractivity contribution in [2.45, 2.75) is 117 Å².